The minimum absolute atomic E-state index is 0.0125. The van der Waals surface area contributed by atoms with E-state index in [-0.39, 0.29) is 17.6 Å². The molecule has 2 aromatic carbocycles. The number of carbonyl (C=O) groups is 1. The topological polar surface area (TPSA) is 50.2 Å². The molecule has 2 heterocycles. The Balaban J connectivity index is 1.41. The van der Waals surface area contributed by atoms with E-state index < -0.39 is 0 Å². The monoisotopic (exact) mass is 432 g/mol. The van der Waals surface area contributed by atoms with Crippen LogP contribution in [0.15, 0.2) is 66.4 Å². The third kappa shape index (κ3) is 5.51. The number of nitrogens with one attached hydrogen (secondary N) is 1. The van der Waals surface area contributed by atoms with Gasteiger partial charge in [0.1, 0.15) is 5.82 Å². The van der Waals surface area contributed by atoms with Crippen molar-refractivity contribution in [3.05, 3.63) is 94.6 Å². The van der Waals surface area contributed by atoms with Gasteiger partial charge in [-0.15, -0.1) is 0 Å². The van der Waals surface area contributed by atoms with Crippen molar-refractivity contribution >= 4 is 12.0 Å². The van der Waals surface area contributed by atoms with E-state index in [1.807, 2.05) is 31.4 Å². The van der Waals surface area contributed by atoms with Crippen LogP contribution in [-0.4, -0.2) is 40.2 Å². The summed E-state index contributed by atoms with van der Waals surface area (Å²) in [6, 6.07) is 16.7. The Morgan fingerprint density at radius 2 is 1.94 bits per heavy atom. The van der Waals surface area contributed by atoms with Gasteiger partial charge >= 0.3 is 0 Å². The number of benzene rings is 2. The molecule has 1 N–H and O–H groups in total. The SMILES string of the molecule is C/C(=C\c1ccccc1)CN1Cc2cn(C)nc2[C@H](C(=O)NCCc2ccc(F)cc2)C1. The fourth-order valence-electron chi connectivity index (χ4n) is 4.28. The van der Waals surface area contributed by atoms with Gasteiger partial charge in [-0.05, 0) is 36.6 Å². The summed E-state index contributed by atoms with van der Waals surface area (Å²) in [6.07, 6.45) is 4.86. The highest BCUT2D eigenvalue weighted by Gasteiger charge is 2.33. The third-order valence-corrected chi connectivity index (χ3v) is 5.73. The summed E-state index contributed by atoms with van der Waals surface area (Å²) in [5.41, 5.74) is 5.40. The number of aromatic nitrogens is 2. The molecule has 32 heavy (non-hydrogen) atoms. The van der Waals surface area contributed by atoms with E-state index in [2.05, 4.69) is 40.4 Å². The fraction of sp³-hybridized carbons (Fsp3) is 0.308. The van der Waals surface area contributed by atoms with Crippen molar-refractivity contribution in [1.29, 1.82) is 0 Å². The first-order valence-electron chi connectivity index (χ1n) is 11.0. The molecule has 0 fully saturated rings. The first-order valence-corrected chi connectivity index (χ1v) is 11.0. The Labute approximate surface area is 188 Å². The average molecular weight is 433 g/mol. The van der Waals surface area contributed by atoms with Crippen molar-refractivity contribution in [2.24, 2.45) is 7.05 Å². The largest absolute Gasteiger partial charge is 0.355 e. The van der Waals surface area contributed by atoms with Gasteiger partial charge in [-0.2, -0.15) is 5.10 Å². The maximum absolute atomic E-state index is 13.1. The van der Waals surface area contributed by atoms with E-state index in [0.717, 1.165) is 29.9 Å². The highest BCUT2D eigenvalue weighted by atomic mass is 19.1. The molecule has 1 aliphatic heterocycles. The Hall–Kier alpha value is -3.25. The number of hydrogen-bond acceptors (Lipinski definition) is 3. The molecule has 4 rings (SSSR count). The summed E-state index contributed by atoms with van der Waals surface area (Å²) in [7, 11) is 1.90. The molecule has 1 amide bonds. The summed E-state index contributed by atoms with van der Waals surface area (Å²) >= 11 is 0. The van der Waals surface area contributed by atoms with E-state index in [0.29, 0.717) is 19.5 Å². The number of amides is 1. The van der Waals surface area contributed by atoms with Gasteiger partial charge in [0, 0.05) is 45.0 Å². The maximum Gasteiger partial charge on any atom is 0.230 e. The zero-order chi connectivity index (χ0) is 22.5. The summed E-state index contributed by atoms with van der Waals surface area (Å²) in [5.74, 6) is -0.571. The van der Waals surface area contributed by atoms with Gasteiger partial charge in [0.15, 0.2) is 0 Å². The molecule has 0 aliphatic carbocycles. The minimum atomic E-state index is -0.308. The van der Waals surface area contributed by atoms with Gasteiger partial charge in [-0.1, -0.05) is 54.1 Å². The van der Waals surface area contributed by atoms with Gasteiger partial charge in [-0.3, -0.25) is 14.4 Å². The lowest BCUT2D eigenvalue weighted by molar-refractivity contribution is -0.123. The van der Waals surface area contributed by atoms with Crippen molar-refractivity contribution in [2.75, 3.05) is 19.6 Å². The van der Waals surface area contributed by atoms with Gasteiger partial charge in [0.25, 0.3) is 0 Å². The van der Waals surface area contributed by atoms with E-state index in [4.69, 9.17) is 0 Å². The lowest BCUT2D eigenvalue weighted by Crippen LogP contribution is -2.42. The van der Waals surface area contributed by atoms with Crippen LogP contribution in [0.5, 0.6) is 0 Å². The van der Waals surface area contributed by atoms with Crippen LogP contribution in [0.2, 0.25) is 0 Å². The Morgan fingerprint density at radius 1 is 1.19 bits per heavy atom. The summed E-state index contributed by atoms with van der Waals surface area (Å²) in [5, 5.41) is 7.64. The van der Waals surface area contributed by atoms with Crippen LogP contribution in [-0.2, 0) is 24.8 Å². The zero-order valence-corrected chi connectivity index (χ0v) is 18.6. The van der Waals surface area contributed by atoms with Crippen LogP contribution in [0.1, 0.15) is 35.2 Å². The van der Waals surface area contributed by atoms with E-state index in [9.17, 15) is 9.18 Å². The second kappa shape index (κ2) is 9.92. The van der Waals surface area contributed by atoms with Crippen LogP contribution in [0.3, 0.4) is 0 Å². The van der Waals surface area contributed by atoms with Crippen LogP contribution in [0, 0.1) is 5.82 Å². The van der Waals surface area contributed by atoms with Crippen molar-refractivity contribution in [3.63, 3.8) is 0 Å². The lowest BCUT2D eigenvalue weighted by Gasteiger charge is -2.31. The van der Waals surface area contributed by atoms with Crippen LogP contribution in [0.25, 0.3) is 6.08 Å². The molecule has 0 saturated heterocycles. The van der Waals surface area contributed by atoms with Crippen LogP contribution in [0.4, 0.5) is 4.39 Å². The number of rotatable bonds is 7. The highest BCUT2D eigenvalue weighted by molar-refractivity contribution is 5.84. The first-order chi connectivity index (χ1) is 15.5. The molecule has 0 saturated carbocycles. The third-order valence-electron chi connectivity index (χ3n) is 5.73. The number of fused-ring (bicyclic) bond motifs is 1. The second-order valence-electron chi connectivity index (χ2n) is 8.50. The van der Waals surface area contributed by atoms with E-state index in [1.165, 1.54) is 23.3 Å². The molecule has 3 aromatic rings. The van der Waals surface area contributed by atoms with Crippen molar-refractivity contribution in [1.82, 2.24) is 20.0 Å². The molecule has 1 aliphatic rings. The average Bonchev–Trinajstić information content (AvgIpc) is 3.15. The zero-order valence-electron chi connectivity index (χ0n) is 18.6. The molecule has 5 nitrogen and oxygen atoms in total. The quantitative estimate of drug-likeness (QED) is 0.616. The molecule has 0 spiro atoms. The van der Waals surface area contributed by atoms with Crippen molar-refractivity contribution in [3.8, 4) is 0 Å². The standard InChI is InChI=1S/C26H29FN4O/c1-19(14-21-6-4-3-5-7-21)15-31-17-22-16-30(2)29-25(22)24(18-31)26(32)28-13-12-20-8-10-23(27)11-9-20/h3-11,14,16,24H,12-13,15,17-18H2,1-2H3,(H,28,32)/b19-14+/t24-/m1/s1. The van der Waals surface area contributed by atoms with Gasteiger partial charge in [0.05, 0.1) is 11.6 Å². The number of carbonyl (C=O) groups excluding carboxylic acids is 1. The highest BCUT2D eigenvalue weighted by Crippen LogP contribution is 2.28. The normalized spacial score (nSPS) is 16.6. The van der Waals surface area contributed by atoms with Gasteiger partial charge < -0.3 is 5.32 Å². The Kier molecular flexibility index (Phi) is 6.81. The minimum Gasteiger partial charge on any atom is -0.355 e. The first kappa shape index (κ1) is 22.0. The van der Waals surface area contributed by atoms with Crippen molar-refractivity contribution in [2.45, 2.75) is 25.8 Å². The molecule has 6 heteroatoms. The van der Waals surface area contributed by atoms with E-state index in [1.54, 1.807) is 16.8 Å². The smallest absolute Gasteiger partial charge is 0.230 e. The molecular weight excluding hydrogens is 403 g/mol. The molecule has 1 aromatic heterocycles. The predicted octanol–water partition coefficient (Wildman–Crippen LogP) is 3.92. The van der Waals surface area contributed by atoms with Crippen LogP contribution < -0.4 is 5.32 Å². The lowest BCUT2D eigenvalue weighted by atomic mass is 9.95. The molecule has 166 valence electrons. The number of hydrogen-bond donors (Lipinski definition) is 1. The summed E-state index contributed by atoms with van der Waals surface area (Å²) in [6.45, 7) is 4.84. The fourth-order valence-corrected chi connectivity index (χ4v) is 4.28. The number of nitrogens with zero attached hydrogens (tertiary/aromatic N) is 3. The molecule has 0 radical (unpaired) electrons. The van der Waals surface area contributed by atoms with Gasteiger partial charge in [0.2, 0.25) is 5.91 Å². The summed E-state index contributed by atoms with van der Waals surface area (Å²) < 4.78 is 14.9. The van der Waals surface area contributed by atoms with Gasteiger partial charge in [-0.25, -0.2) is 4.39 Å². The van der Waals surface area contributed by atoms with Crippen molar-refractivity contribution < 1.29 is 9.18 Å². The summed E-state index contributed by atoms with van der Waals surface area (Å²) in [4.78, 5) is 15.4. The maximum atomic E-state index is 13.1. The molecule has 1 atom stereocenters. The Morgan fingerprint density at radius 3 is 2.69 bits per heavy atom. The predicted molar refractivity (Wildman–Crippen MR) is 124 cm³/mol. The number of halogens is 1. The Bertz CT molecular complexity index is 1090. The molecular formula is C26H29FN4O. The molecule has 0 bridgehead atoms. The van der Waals surface area contributed by atoms with Crippen LogP contribution >= 0.6 is 0 Å². The molecule has 0 unspecified atom stereocenters. The van der Waals surface area contributed by atoms with E-state index >= 15 is 0 Å². The number of aryl methyl sites for hydroxylation is 1. The second-order valence-corrected chi connectivity index (χ2v) is 8.50.